The van der Waals surface area contributed by atoms with Crippen LogP contribution in [0.5, 0.6) is 0 Å². The number of anilines is 2. The van der Waals surface area contributed by atoms with Crippen LogP contribution in [-0.4, -0.2) is 21.4 Å². The fourth-order valence-corrected chi connectivity index (χ4v) is 13.6. The van der Waals surface area contributed by atoms with E-state index in [4.69, 9.17) is 0 Å². The molecule has 5 heterocycles. The maximum absolute atomic E-state index is 2.84. The van der Waals surface area contributed by atoms with E-state index in [9.17, 15) is 0 Å². The molecule has 9 aromatic rings. The quantitative estimate of drug-likeness (QED) is 0.161. The average Bonchev–Trinajstić information content (AvgIpc) is 3.91. The van der Waals surface area contributed by atoms with Crippen molar-refractivity contribution in [2.24, 2.45) is 0 Å². The molecule has 0 bridgehead atoms. The Morgan fingerprint density at radius 3 is 1.79 bits per heavy atom. The van der Waals surface area contributed by atoms with Crippen LogP contribution >= 0.6 is 0 Å². The van der Waals surface area contributed by atoms with Gasteiger partial charge in [0, 0.05) is 55.3 Å². The molecule has 2 atom stereocenters. The maximum atomic E-state index is 2.84. The monoisotopic (exact) mass is 886 g/mol. The minimum atomic E-state index is -0.110. The normalized spacial score (nSPS) is 19.5. The molecule has 7 aromatic carbocycles. The first-order valence-corrected chi connectivity index (χ1v) is 25.4. The van der Waals surface area contributed by atoms with Gasteiger partial charge in [-0.3, -0.25) is 0 Å². The van der Waals surface area contributed by atoms with Crippen molar-refractivity contribution in [2.45, 2.75) is 129 Å². The zero-order chi connectivity index (χ0) is 47.0. The Bertz CT molecular complexity index is 3590. The van der Waals surface area contributed by atoms with Crippen LogP contribution in [0.25, 0.3) is 71.9 Å². The highest BCUT2D eigenvalue weighted by atomic mass is 15.3. The molecule has 2 aromatic heterocycles. The van der Waals surface area contributed by atoms with Gasteiger partial charge in [-0.05, 0) is 128 Å². The first kappa shape index (κ1) is 41.9. The van der Waals surface area contributed by atoms with E-state index in [0.717, 1.165) is 12.8 Å². The van der Waals surface area contributed by atoms with E-state index in [1.807, 2.05) is 0 Å². The topological polar surface area (TPSA) is 13.1 Å². The molecule has 4 aliphatic rings. The van der Waals surface area contributed by atoms with Gasteiger partial charge >= 0.3 is 6.85 Å². The summed E-state index contributed by atoms with van der Waals surface area (Å²) in [7, 11) is 0. The van der Waals surface area contributed by atoms with Crippen molar-refractivity contribution in [3.8, 4) is 39.2 Å². The number of aromatic nitrogens is 2. The highest BCUT2D eigenvalue weighted by Crippen LogP contribution is 2.63. The van der Waals surface area contributed by atoms with Crippen LogP contribution in [0.1, 0.15) is 124 Å². The van der Waals surface area contributed by atoms with Crippen molar-refractivity contribution < 1.29 is 0 Å². The number of hydrogen-bond acceptors (Lipinski definition) is 1. The fourth-order valence-electron chi connectivity index (χ4n) is 13.6. The smallest absolute Gasteiger partial charge is 0.333 e. The summed E-state index contributed by atoms with van der Waals surface area (Å²) in [6.45, 7) is 26.6. The van der Waals surface area contributed by atoms with Gasteiger partial charge in [0.15, 0.2) is 0 Å². The molecule has 3 nitrogen and oxygen atoms in total. The molecule has 1 aliphatic carbocycles. The minimum Gasteiger partial charge on any atom is -0.375 e. The number of rotatable bonds is 3. The van der Waals surface area contributed by atoms with E-state index >= 15 is 0 Å². The summed E-state index contributed by atoms with van der Waals surface area (Å²) in [6, 6.07) is 54.6. The van der Waals surface area contributed by atoms with Crippen molar-refractivity contribution in [3.05, 3.63) is 162 Å². The molecule has 338 valence electrons. The maximum Gasteiger partial charge on any atom is 0.333 e. The molecule has 0 spiro atoms. The Balaban J connectivity index is 1.30. The molecule has 1 fully saturated rings. The molecule has 1 saturated carbocycles. The Labute approximate surface area is 403 Å². The molecule has 68 heavy (non-hydrogen) atoms. The number of hydrogen-bond donors (Lipinski definition) is 0. The van der Waals surface area contributed by atoms with E-state index in [1.54, 1.807) is 0 Å². The second kappa shape index (κ2) is 13.7. The van der Waals surface area contributed by atoms with Crippen LogP contribution in [0.2, 0.25) is 0 Å². The van der Waals surface area contributed by atoms with Gasteiger partial charge in [0.25, 0.3) is 0 Å². The predicted molar refractivity (Wildman–Crippen MR) is 292 cm³/mol. The van der Waals surface area contributed by atoms with Crippen LogP contribution in [-0.2, 0) is 21.7 Å². The lowest BCUT2D eigenvalue weighted by atomic mass is 9.44. The second-order valence-electron chi connectivity index (χ2n) is 24.5. The summed E-state index contributed by atoms with van der Waals surface area (Å²) in [5.74, 6) is 0. The van der Waals surface area contributed by atoms with Gasteiger partial charge in [0.1, 0.15) is 0 Å². The van der Waals surface area contributed by atoms with Crippen molar-refractivity contribution in [1.82, 2.24) is 9.05 Å². The SMILES string of the molecule is CC(C)(C)c1cc2c3c(c1)-n1c4ccc(C(C)(C)C)cc4c4c5c(cc(c41)B3n1c(-c3ccccc3)c(-c3ccccc3)c3cc(C(C)(C)C)cc-2c31)C1(C)CCCCC1(C)N5c1ccccc1. The predicted octanol–water partition coefficient (Wildman–Crippen LogP) is 15.7. The van der Waals surface area contributed by atoms with Crippen molar-refractivity contribution in [3.63, 3.8) is 0 Å². The second-order valence-corrected chi connectivity index (χ2v) is 24.5. The number of benzene rings is 7. The van der Waals surface area contributed by atoms with Gasteiger partial charge in [0.05, 0.1) is 22.3 Å². The first-order valence-electron chi connectivity index (χ1n) is 25.4. The molecule has 4 heteroatoms. The van der Waals surface area contributed by atoms with Gasteiger partial charge in [0.2, 0.25) is 0 Å². The number of para-hydroxylation sites is 1. The van der Waals surface area contributed by atoms with Crippen LogP contribution in [0.3, 0.4) is 0 Å². The highest BCUT2D eigenvalue weighted by molar-refractivity contribution is 6.90. The van der Waals surface area contributed by atoms with E-state index in [0.29, 0.717) is 0 Å². The summed E-state index contributed by atoms with van der Waals surface area (Å²) in [5, 5.41) is 4.12. The Morgan fingerprint density at radius 1 is 0.544 bits per heavy atom. The molecule has 0 amide bonds. The molecular weight excluding hydrogens is 822 g/mol. The van der Waals surface area contributed by atoms with Gasteiger partial charge in [-0.1, -0.05) is 179 Å². The lowest BCUT2D eigenvalue weighted by Gasteiger charge is -2.50. The Kier molecular flexibility index (Phi) is 8.45. The molecule has 13 rings (SSSR count). The van der Waals surface area contributed by atoms with E-state index in [-0.39, 0.29) is 34.0 Å². The molecule has 0 radical (unpaired) electrons. The van der Waals surface area contributed by atoms with Crippen LogP contribution < -0.4 is 15.8 Å². The first-order chi connectivity index (χ1) is 32.4. The summed E-state index contributed by atoms with van der Waals surface area (Å²) in [5.41, 5.74) is 24.0. The average molecular weight is 886 g/mol. The van der Waals surface area contributed by atoms with Gasteiger partial charge in [-0.15, -0.1) is 0 Å². The number of nitrogens with zero attached hydrogens (tertiary/aromatic N) is 3. The van der Waals surface area contributed by atoms with Crippen molar-refractivity contribution in [2.75, 3.05) is 4.90 Å². The summed E-state index contributed by atoms with van der Waals surface area (Å²) >= 11 is 0. The van der Waals surface area contributed by atoms with Crippen molar-refractivity contribution in [1.29, 1.82) is 0 Å². The van der Waals surface area contributed by atoms with Crippen molar-refractivity contribution >= 4 is 61.9 Å². The van der Waals surface area contributed by atoms with Gasteiger partial charge in [-0.25, -0.2) is 0 Å². The third-order valence-corrected chi connectivity index (χ3v) is 17.5. The van der Waals surface area contributed by atoms with E-state index in [1.165, 1.54) is 129 Å². The van der Waals surface area contributed by atoms with E-state index in [2.05, 4.69) is 230 Å². The van der Waals surface area contributed by atoms with Gasteiger partial charge < -0.3 is 13.9 Å². The highest BCUT2D eigenvalue weighted by Gasteiger charge is 2.59. The summed E-state index contributed by atoms with van der Waals surface area (Å²) in [4.78, 5) is 2.83. The number of fused-ring (bicyclic) bond motifs is 11. The molecule has 3 aliphatic heterocycles. The molecule has 0 N–H and O–H groups in total. The zero-order valence-corrected chi connectivity index (χ0v) is 42.0. The lowest BCUT2D eigenvalue weighted by Crippen LogP contribution is -2.56. The third-order valence-electron chi connectivity index (χ3n) is 17.5. The third kappa shape index (κ3) is 5.44. The minimum absolute atomic E-state index is 0.0217. The van der Waals surface area contributed by atoms with E-state index < -0.39 is 0 Å². The van der Waals surface area contributed by atoms with Crippen LogP contribution in [0.15, 0.2) is 140 Å². The Morgan fingerprint density at radius 2 is 1.13 bits per heavy atom. The summed E-state index contributed by atoms with van der Waals surface area (Å²) < 4.78 is 5.58. The van der Waals surface area contributed by atoms with Gasteiger partial charge in [-0.2, -0.15) is 0 Å². The zero-order valence-electron chi connectivity index (χ0n) is 42.0. The molecular formula is C64H64BN3. The van der Waals surface area contributed by atoms with Crippen LogP contribution in [0.4, 0.5) is 11.4 Å². The molecule has 0 saturated heterocycles. The largest absolute Gasteiger partial charge is 0.375 e. The Hall–Kier alpha value is -6.26. The summed E-state index contributed by atoms with van der Waals surface area (Å²) in [6.07, 6.45) is 4.79. The standard InChI is InChI=1S/C64H64BN3/c1-60(2,3)41-29-30-51-47(33-41)54-58-49(63(10)31-21-22-32-64(63,11)67(58)44-27-19-14-20-28-44)38-50-59(54)66(51)52-37-43(62(7,8)9)34-45-46-35-42(61(4,5)6)36-48-53(39-23-15-12-16-24-39)56(40-25-17-13-18-26-40)68(57(46)48)65(50)55(45)52/h12-20,23-30,33-38H,21-22,31-32H2,1-11H3. The fraction of sp³-hybridized carbons (Fsp3) is 0.312. The lowest BCUT2D eigenvalue weighted by molar-refractivity contribution is 0.195. The molecule has 2 unspecified atom stereocenters. The van der Waals surface area contributed by atoms with Crippen LogP contribution in [0, 0.1) is 0 Å².